The second-order valence-corrected chi connectivity index (χ2v) is 5.71. The summed E-state index contributed by atoms with van der Waals surface area (Å²) in [5, 5.41) is 0. The molecule has 0 atom stereocenters. The third kappa shape index (κ3) is 2.56. The van der Waals surface area contributed by atoms with Gasteiger partial charge >= 0.3 is 0 Å². The van der Waals surface area contributed by atoms with Crippen molar-refractivity contribution in [1.29, 1.82) is 0 Å². The van der Waals surface area contributed by atoms with E-state index in [0.717, 1.165) is 18.7 Å². The maximum atomic E-state index is 12.5. The van der Waals surface area contributed by atoms with Crippen LogP contribution in [0.3, 0.4) is 0 Å². The standard InChI is InChI=1S/C13H22N4O/c1-13(2,9-14)12(18)17(10-4-5-10)8-11-15-6-7-16(11)3/h6-7,10H,4-5,8-9,14H2,1-3H3. The third-order valence-corrected chi connectivity index (χ3v) is 3.57. The Kier molecular flexibility index (Phi) is 3.43. The molecule has 1 amide bonds. The molecular formula is C13H22N4O. The van der Waals surface area contributed by atoms with Crippen molar-refractivity contribution in [2.24, 2.45) is 18.2 Å². The van der Waals surface area contributed by atoms with Crippen LogP contribution < -0.4 is 5.73 Å². The van der Waals surface area contributed by atoms with Crippen LogP contribution in [0.1, 0.15) is 32.5 Å². The maximum Gasteiger partial charge on any atom is 0.230 e. The summed E-state index contributed by atoms with van der Waals surface area (Å²) in [6.07, 6.45) is 5.85. The van der Waals surface area contributed by atoms with Crippen molar-refractivity contribution in [3.63, 3.8) is 0 Å². The summed E-state index contributed by atoms with van der Waals surface area (Å²) in [7, 11) is 1.95. The number of rotatable bonds is 5. The summed E-state index contributed by atoms with van der Waals surface area (Å²) in [4.78, 5) is 18.8. The fraction of sp³-hybridized carbons (Fsp3) is 0.692. The number of carbonyl (C=O) groups is 1. The Labute approximate surface area is 108 Å². The summed E-state index contributed by atoms with van der Waals surface area (Å²) < 4.78 is 1.96. The molecular weight excluding hydrogens is 228 g/mol. The predicted molar refractivity (Wildman–Crippen MR) is 69.6 cm³/mol. The normalized spacial score (nSPS) is 15.8. The number of hydrogen-bond acceptors (Lipinski definition) is 3. The van der Waals surface area contributed by atoms with Gasteiger partial charge in [0.25, 0.3) is 0 Å². The molecule has 1 aliphatic rings. The lowest BCUT2D eigenvalue weighted by Gasteiger charge is -2.31. The Hall–Kier alpha value is -1.36. The SMILES string of the molecule is Cn1ccnc1CN(C(=O)C(C)(C)CN)C1CC1. The number of hydrogen-bond donors (Lipinski definition) is 1. The number of nitrogens with zero attached hydrogens (tertiary/aromatic N) is 3. The van der Waals surface area contributed by atoms with Crippen LogP contribution in [0.15, 0.2) is 12.4 Å². The Morgan fingerprint density at radius 2 is 2.28 bits per heavy atom. The maximum absolute atomic E-state index is 12.5. The molecule has 2 rings (SSSR count). The number of aromatic nitrogens is 2. The van der Waals surface area contributed by atoms with Crippen molar-refractivity contribution in [2.75, 3.05) is 6.54 Å². The molecule has 0 aromatic carbocycles. The first-order chi connectivity index (χ1) is 8.45. The molecule has 5 nitrogen and oxygen atoms in total. The van der Waals surface area contributed by atoms with Gasteiger partial charge < -0.3 is 15.2 Å². The minimum atomic E-state index is -0.492. The van der Waals surface area contributed by atoms with Crippen molar-refractivity contribution >= 4 is 5.91 Å². The number of nitrogens with two attached hydrogens (primary N) is 1. The predicted octanol–water partition coefficient (Wildman–Crippen LogP) is 0.896. The third-order valence-electron chi connectivity index (χ3n) is 3.57. The number of aryl methyl sites for hydroxylation is 1. The largest absolute Gasteiger partial charge is 0.337 e. The summed E-state index contributed by atoms with van der Waals surface area (Å²) in [5.74, 6) is 1.05. The minimum Gasteiger partial charge on any atom is -0.337 e. The first-order valence-corrected chi connectivity index (χ1v) is 6.43. The van der Waals surface area contributed by atoms with E-state index in [9.17, 15) is 4.79 Å². The van der Waals surface area contributed by atoms with Crippen molar-refractivity contribution in [2.45, 2.75) is 39.3 Å². The van der Waals surface area contributed by atoms with Crippen LogP contribution in [0.5, 0.6) is 0 Å². The molecule has 1 heterocycles. The fourth-order valence-corrected chi connectivity index (χ4v) is 1.93. The van der Waals surface area contributed by atoms with Crippen LogP contribution in [0.25, 0.3) is 0 Å². The lowest BCUT2D eigenvalue weighted by molar-refractivity contribution is -0.141. The van der Waals surface area contributed by atoms with Crippen LogP contribution in [0, 0.1) is 5.41 Å². The van der Waals surface area contributed by atoms with Crippen molar-refractivity contribution < 1.29 is 4.79 Å². The summed E-state index contributed by atoms with van der Waals surface area (Å²) in [5.41, 5.74) is 5.21. The zero-order valence-electron chi connectivity index (χ0n) is 11.4. The number of amides is 1. The van der Waals surface area contributed by atoms with E-state index in [4.69, 9.17) is 5.73 Å². The van der Waals surface area contributed by atoms with Gasteiger partial charge in [-0.1, -0.05) is 0 Å². The number of imidazole rings is 1. The van der Waals surface area contributed by atoms with Gasteiger partial charge in [0.1, 0.15) is 5.82 Å². The zero-order valence-corrected chi connectivity index (χ0v) is 11.4. The van der Waals surface area contributed by atoms with Gasteiger partial charge in [-0.2, -0.15) is 0 Å². The molecule has 1 aromatic rings. The van der Waals surface area contributed by atoms with Gasteiger partial charge in [0.05, 0.1) is 12.0 Å². The molecule has 0 bridgehead atoms. The van der Waals surface area contributed by atoms with Crippen molar-refractivity contribution in [3.8, 4) is 0 Å². The van der Waals surface area contributed by atoms with E-state index in [1.807, 2.05) is 36.6 Å². The van der Waals surface area contributed by atoms with E-state index in [0.29, 0.717) is 19.1 Å². The van der Waals surface area contributed by atoms with Gasteiger partial charge in [-0.05, 0) is 26.7 Å². The molecule has 100 valence electrons. The van der Waals surface area contributed by atoms with E-state index in [1.54, 1.807) is 6.20 Å². The van der Waals surface area contributed by atoms with Crippen LogP contribution in [0.2, 0.25) is 0 Å². The van der Waals surface area contributed by atoms with E-state index >= 15 is 0 Å². The molecule has 5 heteroatoms. The zero-order chi connectivity index (χ0) is 13.3. The minimum absolute atomic E-state index is 0.135. The molecule has 0 unspecified atom stereocenters. The van der Waals surface area contributed by atoms with Crippen LogP contribution >= 0.6 is 0 Å². The summed E-state index contributed by atoms with van der Waals surface area (Å²) in [6.45, 7) is 4.76. The molecule has 18 heavy (non-hydrogen) atoms. The lowest BCUT2D eigenvalue weighted by Crippen LogP contribution is -2.45. The molecule has 1 saturated carbocycles. The quantitative estimate of drug-likeness (QED) is 0.844. The molecule has 0 spiro atoms. The Balaban J connectivity index is 2.14. The van der Waals surface area contributed by atoms with Crippen LogP contribution in [0.4, 0.5) is 0 Å². The highest BCUT2D eigenvalue weighted by Gasteiger charge is 2.39. The molecule has 2 N–H and O–H groups in total. The second-order valence-electron chi connectivity index (χ2n) is 5.71. The van der Waals surface area contributed by atoms with E-state index in [-0.39, 0.29) is 5.91 Å². The van der Waals surface area contributed by atoms with Gasteiger partial charge in [0.15, 0.2) is 0 Å². The van der Waals surface area contributed by atoms with Gasteiger partial charge in [-0.3, -0.25) is 4.79 Å². The number of carbonyl (C=O) groups excluding carboxylic acids is 1. The highest BCUT2D eigenvalue weighted by Crippen LogP contribution is 2.31. The molecule has 1 aromatic heterocycles. The Morgan fingerprint density at radius 3 is 2.72 bits per heavy atom. The highest BCUT2D eigenvalue weighted by atomic mass is 16.2. The first kappa shape index (κ1) is 13.1. The average Bonchev–Trinajstić information content (AvgIpc) is 3.10. The summed E-state index contributed by atoms with van der Waals surface area (Å²) in [6, 6.07) is 0.375. The van der Waals surface area contributed by atoms with Crippen molar-refractivity contribution in [1.82, 2.24) is 14.5 Å². The fourth-order valence-electron chi connectivity index (χ4n) is 1.93. The highest BCUT2D eigenvalue weighted by molar-refractivity contribution is 5.82. The van der Waals surface area contributed by atoms with E-state index in [1.165, 1.54) is 0 Å². The topological polar surface area (TPSA) is 64.2 Å². The molecule has 0 saturated heterocycles. The molecule has 1 fully saturated rings. The first-order valence-electron chi connectivity index (χ1n) is 6.43. The van der Waals surface area contributed by atoms with E-state index in [2.05, 4.69) is 4.98 Å². The Morgan fingerprint density at radius 1 is 1.61 bits per heavy atom. The average molecular weight is 250 g/mol. The van der Waals surface area contributed by atoms with Crippen LogP contribution in [-0.4, -0.2) is 32.9 Å². The van der Waals surface area contributed by atoms with Gasteiger partial charge in [0.2, 0.25) is 5.91 Å². The summed E-state index contributed by atoms with van der Waals surface area (Å²) >= 11 is 0. The van der Waals surface area contributed by atoms with E-state index < -0.39 is 5.41 Å². The monoisotopic (exact) mass is 250 g/mol. The lowest BCUT2D eigenvalue weighted by atomic mass is 9.91. The Bertz CT molecular complexity index is 434. The van der Waals surface area contributed by atoms with Gasteiger partial charge in [0, 0.05) is 32.0 Å². The van der Waals surface area contributed by atoms with Gasteiger partial charge in [-0.15, -0.1) is 0 Å². The van der Waals surface area contributed by atoms with Gasteiger partial charge in [-0.25, -0.2) is 4.98 Å². The molecule has 0 radical (unpaired) electrons. The second kappa shape index (κ2) is 4.72. The molecule has 1 aliphatic carbocycles. The van der Waals surface area contributed by atoms with Crippen molar-refractivity contribution in [3.05, 3.63) is 18.2 Å². The molecule has 0 aliphatic heterocycles. The van der Waals surface area contributed by atoms with Crippen LogP contribution in [-0.2, 0) is 18.4 Å². The smallest absolute Gasteiger partial charge is 0.230 e.